The van der Waals surface area contributed by atoms with Crippen LogP contribution in [-0.2, 0) is 6.80 Å². The van der Waals surface area contributed by atoms with Crippen molar-refractivity contribution in [3.63, 3.8) is 0 Å². The lowest BCUT2D eigenvalue weighted by molar-refractivity contribution is 0.330. The van der Waals surface area contributed by atoms with E-state index < -0.39 is 6.80 Å². The van der Waals surface area contributed by atoms with E-state index in [9.17, 15) is 4.39 Å². The summed E-state index contributed by atoms with van der Waals surface area (Å²) in [5, 5.41) is 0. The van der Waals surface area contributed by atoms with Gasteiger partial charge in [0.05, 0.1) is 12.9 Å². The van der Waals surface area contributed by atoms with Crippen molar-refractivity contribution in [3.05, 3.63) is 6.33 Å². The summed E-state index contributed by atoms with van der Waals surface area (Å²) < 4.78 is 19.0. The van der Waals surface area contributed by atoms with Gasteiger partial charge in [-0.1, -0.05) is 0 Å². The van der Waals surface area contributed by atoms with E-state index in [0.29, 0.717) is 17.8 Å². The van der Waals surface area contributed by atoms with Crippen LogP contribution in [0.5, 0.6) is 5.88 Å². The molecule has 0 fully saturated rings. The summed E-state index contributed by atoms with van der Waals surface area (Å²) in [6.07, 6.45) is 1.33. The van der Waals surface area contributed by atoms with Crippen LogP contribution in [0.3, 0.4) is 0 Å². The average Bonchev–Trinajstić information content (AvgIpc) is 2.61. The second-order valence-electron chi connectivity index (χ2n) is 2.83. The predicted octanol–water partition coefficient (Wildman–Crippen LogP) is 0.734. The van der Waals surface area contributed by atoms with Crippen LogP contribution in [0.4, 0.5) is 10.3 Å². The molecule has 0 aromatic carbocycles. The highest BCUT2D eigenvalue weighted by atomic mass is 19.1. The van der Waals surface area contributed by atoms with Crippen molar-refractivity contribution in [3.8, 4) is 5.88 Å². The monoisotopic (exact) mass is 211 g/mol. The molecule has 0 bridgehead atoms. The van der Waals surface area contributed by atoms with Gasteiger partial charge in [-0.05, 0) is 6.92 Å². The van der Waals surface area contributed by atoms with Gasteiger partial charge in [0.2, 0.25) is 11.8 Å². The number of anilines is 1. The molecule has 0 atom stereocenters. The quantitative estimate of drug-likeness (QED) is 0.809. The van der Waals surface area contributed by atoms with E-state index in [0.717, 1.165) is 0 Å². The summed E-state index contributed by atoms with van der Waals surface area (Å²) >= 11 is 0. The van der Waals surface area contributed by atoms with Crippen LogP contribution in [0.1, 0.15) is 6.92 Å². The van der Waals surface area contributed by atoms with E-state index in [1.807, 2.05) is 6.92 Å². The Bertz CT molecular complexity index is 483. The molecule has 15 heavy (non-hydrogen) atoms. The number of fused-ring (bicyclic) bond motifs is 1. The lowest BCUT2D eigenvalue weighted by Gasteiger charge is -2.03. The smallest absolute Gasteiger partial charge is 0.247 e. The second-order valence-corrected chi connectivity index (χ2v) is 2.83. The minimum atomic E-state index is -0.710. The highest BCUT2D eigenvalue weighted by Gasteiger charge is 2.12. The summed E-state index contributed by atoms with van der Waals surface area (Å²) in [4.78, 5) is 11.7. The minimum absolute atomic E-state index is 0.0427. The number of halogens is 1. The maximum atomic E-state index is 12.5. The normalized spacial score (nSPS) is 10.8. The van der Waals surface area contributed by atoms with Crippen LogP contribution in [0, 0.1) is 0 Å². The third-order valence-corrected chi connectivity index (χ3v) is 1.86. The third kappa shape index (κ3) is 1.56. The SMILES string of the molecule is CCOc1nc(N)nc2c1ncn2CF. The number of ether oxygens (including phenoxy) is 1. The lowest BCUT2D eigenvalue weighted by atomic mass is 10.5. The van der Waals surface area contributed by atoms with Gasteiger partial charge >= 0.3 is 0 Å². The summed E-state index contributed by atoms with van der Waals surface area (Å²) in [7, 11) is 0. The fraction of sp³-hybridized carbons (Fsp3) is 0.375. The number of nitrogens with two attached hydrogens (primary N) is 1. The fourth-order valence-electron chi connectivity index (χ4n) is 1.26. The van der Waals surface area contributed by atoms with Gasteiger partial charge in [-0.25, -0.2) is 9.37 Å². The molecule has 0 radical (unpaired) electrons. The van der Waals surface area contributed by atoms with Crippen LogP contribution >= 0.6 is 0 Å². The van der Waals surface area contributed by atoms with E-state index in [-0.39, 0.29) is 11.8 Å². The Hall–Kier alpha value is -1.92. The molecule has 0 spiro atoms. The number of imidazole rings is 1. The molecule has 2 aromatic heterocycles. The number of hydrogen-bond donors (Lipinski definition) is 1. The van der Waals surface area contributed by atoms with Gasteiger partial charge in [-0.15, -0.1) is 0 Å². The van der Waals surface area contributed by atoms with Gasteiger partial charge in [0, 0.05) is 0 Å². The number of aromatic nitrogens is 4. The standard InChI is InChI=1S/C8H10FN5O/c1-2-15-7-5-6(12-8(10)13-7)14(3-9)4-11-5/h4H,2-3H2,1H3,(H2,10,12,13). The van der Waals surface area contributed by atoms with Crippen molar-refractivity contribution in [2.45, 2.75) is 13.7 Å². The molecule has 2 heterocycles. The van der Waals surface area contributed by atoms with Crippen molar-refractivity contribution in [2.75, 3.05) is 12.3 Å². The Morgan fingerprint density at radius 2 is 2.33 bits per heavy atom. The molecular weight excluding hydrogens is 201 g/mol. The number of nitrogens with zero attached hydrogens (tertiary/aromatic N) is 4. The van der Waals surface area contributed by atoms with Gasteiger partial charge < -0.3 is 10.5 Å². The summed E-state index contributed by atoms with van der Waals surface area (Å²) in [5.41, 5.74) is 6.23. The Morgan fingerprint density at radius 1 is 1.53 bits per heavy atom. The van der Waals surface area contributed by atoms with Crippen LogP contribution < -0.4 is 10.5 Å². The lowest BCUT2D eigenvalue weighted by Crippen LogP contribution is -2.03. The van der Waals surface area contributed by atoms with E-state index >= 15 is 0 Å². The van der Waals surface area contributed by atoms with Crippen LogP contribution in [0.2, 0.25) is 0 Å². The molecule has 0 amide bonds. The molecule has 7 heteroatoms. The molecule has 0 aliphatic heterocycles. The number of rotatable bonds is 3. The summed E-state index contributed by atoms with van der Waals surface area (Å²) in [6, 6.07) is 0. The zero-order valence-electron chi connectivity index (χ0n) is 8.14. The van der Waals surface area contributed by atoms with E-state index in [1.54, 1.807) is 0 Å². The second kappa shape index (κ2) is 3.68. The van der Waals surface area contributed by atoms with Gasteiger partial charge in [0.15, 0.2) is 18.0 Å². The molecule has 6 nitrogen and oxygen atoms in total. The zero-order chi connectivity index (χ0) is 10.8. The van der Waals surface area contributed by atoms with Crippen molar-refractivity contribution in [1.82, 2.24) is 19.5 Å². The Kier molecular flexibility index (Phi) is 2.36. The van der Waals surface area contributed by atoms with Crippen molar-refractivity contribution in [1.29, 1.82) is 0 Å². The van der Waals surface area contributed by atoms with Gasteiger partial charge in [-0.2, -0.15) is 9.97 Å². The summed E-state index contributed by atoms with van der Waals surface area (Å²) in [6.45, 7) is 1.54. The molecule has 80 valence electrons. The zero-order valence-corrected chi connectivity index (χ0v) is 8.14. The first kappa shape index (κ1) is 9.63. The van der Waals surface area contributed by atoms with Gasteiger partial charge in [-0.3, -0.25) is 4.57 Å². The maximum Gasteiger partial charge on any atom is 0.247 e. The molecule has 2 aromatic rings. The first-order valence-electron chi connectivity index (χ1n) is 4.43. The van der Waals surface area contributed by atoms with E-state index in [1.165, 1.54) is 10.9 Å². The highest BCUT2D eigenvalue weighted by molar-refractivity contribution is 5.77. The minimum Gasteiger partial charge on any atom is -0.476 e. The Morgan fingerprint density at radius 3 is 3.00 bits per heavy atom. The first-order chi connectivity index (χ1) is 7.26. The maximum absolute atomic E-state index is 12.5. The van der Waals surface area contributed by atoms with E-state index in [2.05, 4.69) is 15.0 Å². The van der Waals surface area contributed by atoms with Crippen LogP contribution in [-0.4, -0.2) is 26.1 Å². The fourth-order valence-corrected chi connectivity index (χ4v) is 1.26. The van der Waals surface area contributed by atoms with Gasteiger partial charge in [0.1, 0.15) is 0 Å². The molecule has 0 aliphatic carbocycles. The molecule has 2 N–H and O–H groups in total. The Labute approximate surface area is 84.9 Å². The molecule has 0 aliphatic rings. The largest absolute Gasteiger partial charge is 0.476 e. The number of nitrogen functional groups attached to an aromatic ring is 1. The van der Waals surface area contributed by atoms with Crippen molar-refractivity contribution in [2.24, 2.45) is 0 Å². The average molecular weight is 211 g/mol. The molecular formula is C8H10FN5O. The van der Waals surface area contributed by atoms with Crippen LogP contribution in [0.15, 0.2) is 6.33 Å². The van der Waals surface area contributed by atoms with Crippen molar-refractivity contribution < 1.29 is 9.13 Å². The molecule has 0 saturated heterocycles. The molecule has 2 rings (SSSR count). The number of hydrogen-bond acceptors (Lipinski definition) is 5. The predicted molar refractivity (Wildman–Crippen MR) is 52.0 cm³/mol. The van der Waals surface area contributed by atoms with E-state index in [4.69, 9.17) is 10.5 Å². The summed E-state index contributed by atoms with van der Waals surface area (Å²) in [5.74, 6) is 0.327. The Balaban J connectivity index is 2.65. The first-order valence-corrected chi connectivity index (χ1v) is 4.43. The molecule has 0 unspecified atom stereocenters. The third-order valence-electron chi connectivity index (χ3n) is 1.86. The highest BCUT2D eigenvalue weighted by Crippen LogP contribution is 2.21. The van der Waals surface area contributed by atoms with Crippen LogP contribution in [0.25, 0.3) is 11.2 Å². The topological polar surface area (TPSA) is 78.8 Å². The van der Waals surface area contributed by atoms with Crippen molar-refractivity contribution >= 4 is 17.1 Å². The number of alkyl halides is 1. The van der Waals surface area contributed by atoms with Gasteiger partial charge in [0.25, 0.3) is 0 Å². The molecule has 0 saturated carbocycles.